The molecule has 1 atom stereocenters. The van der Waals surface area contributed by atoms with Crippen molar-refractivity contribution in [2.75, 3.05) is 13.1 Å². The number of hydrogen-bond acceptors (Lipinski definition) is 1. The third-order valence-electron chi connectivity index (χ3n) is 3.53. The molecule has 0 aromatic heterocycles. The van der Waals surface area contributed by atoms with Crippen LogP contribution in [0.2, 0.25) is 0 Å². The molecule has 1 heteroatoms. The summed E-state index contributed by atoms with van der Waals surface area (Å²) in [6, 6.07) is 0.913. The van der Waals surface area contributed by atoms with E-state index in [1.54, 1.807) is 0 Å². The molecule has 1 saturated carbocycles. The van der Waals surface area contributed by atoms with Gasteiger partial charge in [-0.15, -0.1) is 0 Å². The average Bonchev–Trinajstić information content (AvgIpc) is 2.07. The van der Waals surface area contributed by atoms with Crippen molar-refractivity contribution in [3.8, 4) is 0 Å². The van der Waals surface area contributed by atoms with Gasteiger partial charge in [-0.2, -0.15) is 0 Å². The Labute approximate surface area is 69.8 Å². The fraction of sp³-hybridized carbons (Fsp3) is 1.00. The van der Waals surface area contributed by atoms with Crippen LogP contribution >= 0.6 is 0 Å². The molecule has 0 amide bonds. The zero-order chi connectivity index (χ0) is 7.90. The van der Waals surface area contributed by atoms with E-state index in [0.717, 1.165) is 6.04 Å². The van der Waals surface area contributed by atoms with Crippen LogP contribution in [0.4, 0.5) is 0 Å². The molecule has 0 N–H and O–H groups in total. The number of hydrogen-bond donors (Lipinski definition) is 0. The van der Waals surface area contributed by atoms with Crippen LogP contribution < -0.4 is 0 Å². The van der Waals surface area contributed by atoms with Gasteiger partial charge in [0, 0.05) is 6.04 Å². The first-order valence-corrected chi connectivity index (χ1v) is 4.94. The van der Waals surface area contributed by atoms with Crippen LogP contribution in [-0.4, -0.2) is 24.0 Å². The third kappa shape index (κ3) is 1.20. The second-order valence-corrected chi connectivity index (χ2v) is 4.79. The summed E-state index contributed by atoms with van der Waals surface area (Å²) in [6.45, 7) is 7.61. The third-order valence-corrected chi connectivity index (χ3v) is 3.53. The van der Waals surface area contributed by atoms with Gasteiger partial charge in [0.1, 0.15) is 0 Å². The molecule has 2 fully saturated rings. The molecule has 1 unspecified atom stereocenters. The first-order chi connectivity index (χ1) is 5.20. The van der Waals surface area contributed by atoms with Gasteiger partial charge in [-0.1, -0.05) is 20.3 Å². The normalized spacial score (nSPS) is 37.1. The summed E-state index contributed by atoms with van der Waals surface area (Å²) in [4.78, 5) is 2.67. The van der Waals surface area contributed by atoms with E-state index in [4.69, 9.17) is 0 Å². The van der Waals surface area contributed by atoms with Gasteiger partial charge in [-0.05, 0) is 37.8 Å². The fourth-order valence-electron chi connectivity index (χ4n) is 2.64. The Bertz CT molecular complexity index is 147. The lowest BCUT2D eigenvalue weighted by Gasteiger charge is -2.43. The van der Waals surface area contributed by atoms with E-state index in [2.05, 4.69) is 18.7 Å². The molecule has 0 aromatic carbocycles. The molecular weight excluding hydrogens is 134 g/mol. The molecule has 0 spiro atoms. The van der Waals surface area contributed by atoms with Crippen LogP contribution in [0.25, 0.3) is 0 Å². The molecule has 1 aliphatic carbocycles. The minimum Gasteiger partial charge on any atom is -0.300 e. The maximum absolute atomic E-state index is 2.67. The van der Waals surface area contributed by atoms with Gasteiger partial charge in [0.05, 0.1) is 0 Å². The minimum absolute atomic E-state index is 0.612. The van der Waals surface area contributed by atoms with Gasteiger partial charge in [0.25, 0.3) is 0 Å². The molecular formula is C10H19N. The van der Waals surface area contributed by atoms with Crippen molar-refractivity contribution < 1.29 is 0 Å². The molecule has 0 aromatic rings. The maximum Gasteiger partial charge on any atom is 0.0146 e. The van der Waals surface area contributed by atoms with E-state index >= 15 is 0 Å². The Morgan fingerprint density at radius 2 is 1.91 bits per heavy atom. The highest BCUT2D eigenvalue weighted by atomic mass is 15.2. The molecule has 11 heavy (non-hydrogen) atoms. The first-order valence-electron chi connectivity index (χ1n) is 4.94. The predicted octanol–water partition coefficient (Wildman–Crippen LogP) is 2.27. The summed E-state index contributed by atoms with van der Waals surface area (Å²) in [5, 5.41) is 0. The van der Waals surface area contributed by atoms with E-state index < -0.39 is 0 Å². The lowest BCUT2D eigenvalue weighted by molar-refractivity contribution is 0.0581. The molecule has 1 heterocycles. The molecule has 2 rings (SSSR count). The van der Waals surface area contributed by atoms with E-state index in [1.807, 2.05) is 0 Å². The summed E-state index contributed by atoms with van der Waals surface area (Å²) >= 11 is 0. The average molecular weight is 153 g/mol. The van der Waals surface area contributed by atoms with E-state index in [9.17, 15) is 0 Å². The summed E-state index contributed by atoms with van der Waals surface area (Å²) in [7, 11) is 0. The fourth-order valence-corrected chi connectivity index (χ4v) is 2.64. The largest absolute Gasteiger partial charge is 0.300 e. The van der Waals surface area contributed by atoms with Gasteiger partial charge in [-0.3, -0.25) is 4.90 Å². The zero-order valence-corrected chi connectivity index (χ0v) is 7.77. The first kappa shape index (κ1) is 7.60. The number of nitrogens with zero attached hydrogens (tertiary/aromatic N) is 1. The van der Waals surface area contributed by atoms with Crippen LogP contribution in [0.3, 0.4) is 0 Å². The highest BCUT2D eigenvalue weighted by molar-refractivity contribution is 4.94. The quantitative estimate of drug-likeness (QED) is 0.558. The van der Waals surface area contributed by atoms with Crippen molar-refractivity contribution in [3.63, 3.8) is 0 Å². The minimum atomic E-state index is 0.612. The van der Waals surface area contributed by atoms with Crippen LogP contribution in [0.1, 0.15) is 39.5 Å². The lowest BCUT2D eigenvalue weighted by Crippen LogP contribution is -2.49. The van der Waals surface area contributed by atoms with Gasteiger partial charge in [-0.25, -0.2) is 0 Å². The second-order valence-electron chi connectivity index (χ2n) is 4.79. The van der Waals surface area contributed by atoms with E-state index in [0.29, 0.717) is 5.41 Å². The molecule has 2 aliphatic rings. The van der Waals surface area contributed by atoms with Gasteiger partial charge >= 0.3 is 0 Å². The van der Waals surface area contributed by atoms with Crippen molar-refractivity contribution in [1.82, 2.24) is 4.90 Å². The standard InChI is InChI=1S/C10H19N/c1-10(2)6-3-5-9(10)11-7-4-8-11/h9H,3-8H2,1-2H3. The van der Waals surface area contributed by atoms with Gasteiger partial charge in [0.15, 0.2) is 0 Å². The summed E-state index contributed by atoms with van der Waals surface area (Å²) in [6.07, 6.45) is 5.78. The van der Waals surface area contributed by atoms with Crippen LogP contribution in [-0.2, 0) is 0 Å². The Balaban J connectivity index is 2.00. The molecule has 1 saturated heterocycles. The monoisotopic (exact) mass is 153 g/mol. The van der Waals surface area contributed by atoms with E-state index in [1.165, 1.54) is 38.8 Å². The van der Waals surface area contributed by atoms with Crippen molar-refractivity contribution in [2.24, 2.45) is 5.41 Å². The van der Waals surface area contributed by atoms with Gasteiger partial charge in [0.2, 0.25) is 0 Å². The Kier molecular flexibility index (Phi) is 1.71. The van der Waals surface area contributed by atoms with Crippen molar-refractivity contribution >= 4 is 0 Å². The Hall–Kier alpha value is -0.0400. The lowest BCUT2D eigenvalue weighted by atomic mass is 9.85. The summed E-state index contributed by atoms with van der Waals surface area (Å²) in [5.74, 6) is 0. The van der Waals surface area contributed by atoms with Crippen LogP contribution in [0.15, 0.2) is 0 Å². The highest BCUT2D eigenvalue weighted by Crippen LogP contribution is 2.41. The summed E-state index contributed by atoms with van der Waals surface area (Å²) < 4.78 is 0. The number of rotatable bonds is 1. The smallest absolute Gasteiger partial charge is 0.0146 e. The van der Waals surface area contributed by atoms with Crippen LogP contribution in [0, 0.1) is 5.41 Å². The topological polar surface area (TPSA) is 3.24 Å². The second kappa shape index (κ2) is 2.48. The van der Waals surface area contributed by atoms with Crippen molar-refractivity contribution in [3.05, 3.63) is 0 Å². The number of likely N-dealkylation sites (tertiary alicyclic amines) is 1. The van der Waals surface area contributed by atoms with Crippen LogP contribution in [0.5, 0.6) is 0 Å². The SMILES string of the molecule is CC1(C)CCCC1N1CCC1. The van der Waals surface area contributed by atoms with Gasteiger partial charge < -0.3 is 0 Å². The Morgan fingerprint density at radius 3 is 2.27 bits per heavy atom. The zero-order valence-electron chi connectivity index (χ0n) is 7.77. The Morgan fingerprint density at radius 1 is 1.18 bits per heavy atom. The maximum atomic E-state index is 2.67. The molecule has 1 aliphatic heterocycles. The highest BCUT2D eigenvalue weighted by Gasteiger charge is 2.39. The predicted molar refractivity (Wildman–Crippen MR) is 47.6 cm³/mol. The van der Waals surface area contributed by atoms with Crippen molar-refractivity contribution in [1.29, 1.82) is 0 Å². The molecule has 0 radical (unpaired) electrons. The molecule has 64 valence electrons. The summed E-state index contributed by atoms with van der Waals surface area (Å²) in [5.41, 5.74) is 0.612. The molecule has 1 nitrogen and oxygen atoms in total. The van der Waals surface area contributed by atoms with Crippen molar-refractivity contribution in [2.45, 2.75) is 45.6 Å². The van der Waals surface area contributed by atoms with E-state index in [-0.39, 0.29) is 0 Å². The molecule has 0 bridgehead atoms.